The van der Waals surface area contributed by atoms with Gasteiger partial charge in [-0.05, 0) is 51.8 Å². The van der Waals surface area contributed by atoms with Crippen molar-refractivity contribution in [3.05, 3.63) is 48.5 Å². The lowest BCUT2D eigenvalue weighted by atomic mass is 9.90. The molecule has 0 aliphatic rings. The van der Waals surface area contributed by atoms with Gasteiger partial charge < -0.3 is 14.8 Å². The zero-order valence-electron chi connectivity index (χ0n) is 18.4. The summed E-state index contributed by atoms with van der Waals surface area (Å²) in [6.45, 7) is 6.46. The quantitative estimate of drug-likeness (QED) is 0.683. The van der Waals surface area contributed by atoms with Gasteiger partial charge in [-0.2, -0.15) is 18.4 Å². The van der Waals surface area contributed by atoms with Crippen LogP contribution >= 0.6 is 0 Å². The second kappa shape index (κ2) is 9.12. The summed E-state index contributed by atoms with van der Waals surface area (Å²) in [6, 6.07) is 7.92. The molecule has 1 aromatic heterocycles. The third-order valence-electron chi connectivity index (χ3n) is 4.57. The number of ether oxygens (including phenoxy) is 2. The molecule has 1 N–H and O–H groups in total. The van der Waals surface area contributed by atoms with Crippen LogP contribution in [0.1, 0.15) is 40.2 Å². The second-order valence-electron chi connectivity index (χ2n) is 8.60. The van der Waals surface area contributed by atoms with Gasteiger partial charge in [0.2, 0.25) is 5.60 Å². The number of nitrogens with one attached hydrogen (secondary N) is 1. The molecular weight excluding hydrogens is 425 g/mol. The fourth-order valence-electron chi connectivity index (χ4n) is 2.68. The summed E-state index contributed by atoms with van der Waals surface area (Å²) >= 11 is 0. The average Bonchev–Trinajstić information content (AvgIpc) is 2.70. The van der Waals surface area contributed by atoms with Crippen molar-refractivity contribution in [3.63, 3.8) is 0 Å². The minimum Gasteiger partial charge on any atom is -0.444 e. The highest BCUT2D eigenvalue weighted by molar-refractivity contribution is 5.70. The molecule has 0 spiro atoms. The zero-order chi connectivity index (χ0) is 24.2. The molecule has 0 aliphatic carbocycles. The molecule has 2 unspecified atom stereocenters. The Bertz CT molecular complexity index is 986. The van der Waals surface area contributed by atoms with Gasteiger partial charge in [-0.15, -0.1) is 0 Å². The Morgan fingerprint density at radius 3 is 2.25 bits per heavy atom. The molecule has 2 rings (SSSR count). The van der Waals surface area contributed by atoms with E-state index in [1.807, 2.05) is 0 Å². The van der Waals surface area contributed by atoms with Crippen molar-refractivity contribution in [2.45, 2.75) is 57.5 Å². The van der Waals surface area contributed by atoms with E-state index in [-0.39, 0.29) is 0 Å². The lowest BCUT2D eigenvalue weighted by Gasteiger charge is -2.35. The number of nitrogens with zero attached hydrogens (tertiary/aromatic N) is 3. The number of rotatable bonds is 6. The Balaban J connectivity index is 2.45. The molecule has 0 aliphatic heterocycles. The number of alkyl halides is 3. The molecule has 1 heterocycles. The van der Waals surface area contributed by atoms with E-state index < -0.39 is 35.6 Å². The Kier molecular flexibility index (Phi) is 7.15. The molecular formula is C22H25F3N4O3. The minimum atomic E-state index is -4.93. The van der Waals surface area contributed by atoms with Crippen molar-refractivity contribution in [2.75, 3.05) is 6.61 Å². The van der Waals surface area contributed by atoms with E-state index in [2.05, 4.69) is 15.3 Å². The van der Waals surface area contributed by atoms with E-state index in [4.69, 9.17) is 14.7 Å². The molecule has 172 valence electrons. The van der Waals surface area contributed by atoms with Crippen molar-refractivity contribution in [2.24, 2.45) is 0 Å². The molecule has 10 heteroatoms. The fraction of sp³-hybridized carbons (Fsp3) is 0.455. The van der Waals surface area contributed by atoms with Gasteiger partial charge in [-0.25, -0.2) is 14.8 Å². The molecule has 1 aromatic carbocycles. The number of halogens is 3. The van der Waals surface area contributed by atoms with Gasteiger partial charge in [-0.3, -0.25) is 0 Å². The van der Waals surface area contributed by atoms with Gasteiger partial charge in [0, 0.05) is 18.0 Å². The average molecular weight is 450 g/mol. The summed E-state index contributed by atoms with van der Waals surface area (Å²) in [5.41, 5.74) is -3.56. The molecule has 32 heavy (non-hydrogen) atoms. The lowest BCUT2D eigenvalue weighted by molar-refractivity contribution is -0.251. The first-order chi connectivity index (χ1) is 14.7. The molecule has 2 aromatic rings. The Labute approximate surface area is 184 Å². The molecule has 0 bridgehead atoms. The predicted molar refractivity (Wildman–Crippen MR) is 110 cm³/mol. The number of carbonyl (C=O) groups excluding carboxylic acids is 1. The van der Waals surface area contributed by atoms with E-state index in [9.17, 15) is 18.0 Å². The molecule has 0 radical (unpaired) electrons. The van der Waals surface area contributed by atoms with Crippen LogP contribution in [-0.4, -0.2) is 40.0 Å². The largest absolute Gasteiger partial charge is 0.444 e. The normalized spacial score (nSPS) is 15.7. The highest BCUT2D eigenvalue weighted by Gasteiger charge is 2.54. The first-order valence-corrected chi connectivity index (χ1v) is 9.68. The molecule has 0 saturated carbocycles. The standard InChI is InChI=1S/C22H25F3N4O3/c1-19(2,3)32-18(30)29-20(4,13-31-21(5,12-26)22(23,24)25)17-8-6-7-15(9-17)16-10-27-14-28-11-16/h6-11,14H,13H2,1-5H3,(H,29,30). The van der Waals surface area contributed by atoms with Gasteiger partial charge in [0.25, 0.3) is 0 Å². The number of amides is 1. The molecule has 2 atom stereocenters. The Hall–Kier alpha value is -3.19. The summed E-state index contributed by atoms with van der Waals surface area (Å²) in [4.78, 5) is 20.4. The number of hydrogen-bond donors (Lipinski definition) is 1. The molecule has 0 fully saturated rings. The Morgan fingerprint density at radius 1 is 1.09 bits per heavy atom. The molecule has 7 nitrogen and oxygen atoms in total. The van der Waals surface area contributed by atoms with E-state index in [0.29, 0.717) is 23.6 Å². The van der Waals surface area contributed by atoms with Crippen molar-refractivity contribution < 1.29 is 27.4 Å². The smallest absolute Gasteiger partial charge is 0.430 e. The number of benzene rings is 1. The summed E-state index contributed by atoms with van der Waals surface area (Å²) in [5.74, 6) is 0. The molecule has 1 amide bonds. The van der Waals surface area contributed by atoms with Crippen molar-refractivity contribution in [3.8, 4) is 17.2 Å². The van der Waals surface area contributed by atoms with Crippen molar-refractivity contribution >= 4 is 6.09 Å². The van der Waals surface area contributed by atoms with E-state index in [1.54, 1.807) is 57.4 Å². The van der Waals surface area contributed by atoms with Gasteiger partial charge in [-0.1, -0.05) is 18.2 Å². The van der Waals surface area contributed by atoms with Gasteiger partial charge in [0.15, 0.2) is 0 Å². The third kappa shape index (κ3) is 6.17. The van der Waals surface area contributed by atoms with Crippen molar-refractivity contribution in [1.82, 2.24) is 15.3 Å². The van der Waals surface area contributed by atoms with Crippen LogP contribution in [-0.2, 0) is 15.0 Å². The lowest BCUT2D eigenvalue weighted by Crippen LogP contribution is -2.52. The van der Waals surface area contributed by atoms with Crippen LogP contribution in [0.5, 0.6) is 0 Å². The molecule has 0 saturated heterocycles. The Morgan fingerprint density at radius 2 is 1.72 bits per heavy atom. The summed E-state index contributed by atoms with van der Waals surface area (Å²) in [7, 11) is 0. The van der Waals surface area contributed by atoms with Crippen LogP contribution in [0, 0.1) is 11.3 Å². The van der Waals surface area contributed by atoms with E-state index in [0.717, 1.165) is 6.07 Å². The predicted octanol–water partition coefficient (Wildman–Crippen LogP) is 4.74. The minimum absolute atomic E-state index is 0.437. The van der Waals surface area contributed by atoms with Crippen LogP contribution in [0.15, 0.2) is 43.0 Å². The summed E-state index contributed by atoms with van der Waals surface area (Å²) < 4.78 is 50.5. The third-order valence-corrected chi connectivity index (χ3v) is 4.57. The van der Waals surface area contributed by atoms with Crippen LogP contribution in [0.4, 0.5) is 18.0 Å². The van der Waals surface area contributed by atoms with Crippen LogP contribution < -0.4 is 5.32 Å². The maximum atomic E-state index is 13.4. The van der Waals surface area contributed by atoms with Crippen molar-refractivity contribution in [1.29, 1.82) is 5.26 Å². The highest BCUT2D eigenvalue weighted by atomic mass is 19.4. The highest BCUT2D eigenvalue weighted by Crippen LogP contribution is 2.35. The van der Waals surface area contributed by atoms with E-state index >= 15 is 0 Å². The number of nitriles is 1. The van der Waals surface area contributed by atoms with Crippen LogP contribution in [0.2, 0.25) is 0 Å². The second-order valence-corrected chi connectivity index (χ2v) is 8.60. The zero-order valence-corrected chi connectivity index (χ0v) is 18.4. The first kappa shape index (κ1) is 25.1. The maximum Gasteiger partial charge on any atom is 0.430 e. The first-order valence-electron chi connectivity index (χ1n) is 9.68. The van der Waals surface area contributed by atoms with Crippen LogP contribution in [0.3, 0.4) is 0 Å². The SMILES string of the molecule is CC(C)(C)OC(=O)NC(C)(COC(C)(C#N)C(F)(F)F)c1cccc(-c2cncnc2)c1. The van der Waals surface area contributed by atoms with Gasteiger partial charge in [0.1, 0.15) is 18.0 Å². The monoisotopic (exact) mass is 450 g/mol. The topological polar surface area (TPSA) is 97.1 Å². The summed E-state index contributed by atoms with van der Waals surface area (Å²) in [5, 5.41) is 11.7. The fourth-order valence-corrected chi connectivity index (χ4v) is 2.68. The summed E-state index contributed by atoms with van der Waals surface area (Å²) in [6.07, 6.45) is -1.25. The number of carbonyl (C=O) groups is 1. The van der Waals surface area contributed by atoms with E-state index in [1.165, 1.54) is 13.3 Å². The van der Waals surface area contributed by atoms with Gasteiger partial charge in [0.05, 0.1) is 12.1 Å². The van der Waals surface area contributed by atoms with Gasteiger partial charge >= 0.3 is 12.3 Å². The number of aromatic nitrogens is 2. The number of alkyl carbamates (subject to hydrolysis) is 1. The van der Waals surface area contributed by atoms with Crippen LogP contribution in [0.25, 0.3) is 11.1 Å². The number of hydrogen-bond acceptors (Lipinski definition) is 6. The maximum absolute atomic E-state index is 13.4.